The summed E-state index contributed by atoms with van der Waals surface area (Å²) in [6.07, 6.45) is 9.26. The van der Waals surface area contributed by atoms with E-state index >= 15 is 0 Å². The van der Waals surface area contributed by atoms with Gasteiger partial charge in [-0.05, 0) is 6.42 Å². The van der Waals surface area contributed by atoms with Crippen molar-refractivity contribution in [3.05, 3.63) is 36.9 Å². The number of amides is 1. The van der Waals surface area contributed by atoms with Gasteiger partial charge in [-0.1, -0.05) is 0 Å². The number of aromatic nitrogens is 4. The number of carbonyl (C=O) groups excluding carboxylic acids is 1. The van der Waals surface area contributed by atoms with Crippen LogP contribution in [0.1, 0.15) is 16.9 Å². The quantitative estimate of drug-likeness (QED) is 0.716. The average molecular weight is 219 g/mol. The number of hydrogen-bond acceptors (Lipinski definition) is 3. The van der Waals surface area contributed by atoms with Crippen molar-refractivity contribution in [3.8, 4) is 0 Å². The summed E-state index contributed by atoms with van der Waals surface area (Å²) in [6, 6.07) is 0. The van der Waals surface area contributed by atoms with Crippen LogP contribution >= 0.6 is 0 Å². The molecule has 0 bridgehead atoms. The van der Waals surface area contributed by atoms with Crippen LogP contribution in [-0.2, 0) is 6.54 Å². The van der Waals surface area contributed by atoms with Crippen molar-refractivity contribution < 1.29 is 4.79 Å². The summed E-state index contributed by atoms with van der Waals surface area (Å²) < 4.78 is 1.97. The molecule has 2 N–H and O–H groups in total. The van der Waals surface area contributed by atoms with E-state index in [1.54, 1.807) is 12.5 Å². The lowest BCUT2D eigenvalue weighted by Crippen LogP contribution is -2.25. The molecule has 0 aliphatic carbocycles. The van der Waals surface area contributed by atoms with Crippen molar-refractivity contribution in [2.45, 2.75) is 13.0 Å². The molecule has 0 aromatic carbocycles. The third-order valence-corrected chi connectivity index (χ3v) is 2.18. The molecule has 0 unspecified atom stereocenters. The lowest BCUT2D eigenvalue weighted by molar-refractivity contribution is 0.0948. The molecule has 6 heteroatoms. The highest BCUT2D eigenvalue weighted by atomic mass is 16.1. The lowest BCUT2D eigenvalue weighted by atomic mass is 10.4. The molecule has 2 aromatic rings. The van der Waals surface area contributed by atoms with Gasteiger partial charge in [-0.15, -0.1) is 0 Å². The molecule has 0 saturated carbocycles. The monoisotopic (exact) mass is 219 g/mol. The Morgan fingerprint density at radius 1 is 1.50 bits per heavy atom. The van der Waals surface area contributed by atoms with Crippen LogP contribution in [0.2, 0.25) is 0 Å². The van der Waals surface area contributed by atoms with E-state index < -0.39 is 0 Å². The lowest BCUT2D eigenvalue weighted by Gasteiger charge is -2.03. The Labute approximate surface area is 92.7 Å². The van der Waals surface area contributed by atoms with E-state index in [2.05, 4.69) is 20.3 Å². The maximum Gasteiger partial charge on any atom is 0.269 e. The van der Waals surface area contributed by atoms with Crippen molar-refractivity contribution in [1.82, 2.24) is 24.8 Å². The Balaban J connectivity index is 1.67. The molecule has 2 aromatic heterocycles. The molecule has 6 nitrogen and oxygen atoms in total. The van der Waals surface area contributed by atoms with Gasteiger partial charge in [0.05, 0.1) is 18.9 Å². The van der Waals surface area contributed by atoms with Gasteiger partial charge in [0.15, 0.2) is 0 Å². The Morgan fingerprint density at radius 3 is 3.12 bits per heavy atom. The number of carbonyl (C=O) groups is 1. The minimum atomic E-state index is -0.122. The molecule has 0 spiro atoms. The fraction of sp³-hybridized carbons (Fsp3) is 0.300. The topological polar surface area (TPSA) is 75.6 Å². The third-order valence-electron chi connectivity index (χ3n) is 2.18. The average Bonchev–Trinajstić information content (AvgIpc) is 2.96. The number of H-pyrrole nitrogens is 1. The van der Waals surface area contributed by atoms with Gasteiger partial charge >= 0.3 is 0 Å². The molecule has 0 radical (unpaired) electrons. The molecule has 0 saturated heterocycles. The number of aromatic amines is 1. The largest absolute Gasteiger partial charge is 0.351 e. The summed E-state index contributed by atoms with van der Waals surface area (Å²) in [5, 5.41) is 2.80. The van der Waals surface area contributed by atoms with E-state index in [4.69, 9.17) is 0 Å². The van der Waals surface area contributed by atoms with Gasteiger partial charge in [-0.3, -0.25) is 4.79 Å². The number of nitrogens with one attached hydrogen (secondary N) is 2. The first-order valence-electron chi connectivity index (χ1n) is 5.08. The molecule has 84 valence electrons. The molecule has 16 heavy (non-hydrogen) atoms. The normalized spacial score (nSPS) is 10.2. The third kappa shape index (κ3) is 2.69. The molecule has 2 heterocycles. The standard InChI is InChI=1S/C10H13N5O/c16-10(9-6-12-7-14-9)13-2-1-4-15-5-3-11-8-15/h3,5-8H,1-2,4H2,(H,12,14)(H,13,16). The minimum Gasteiger partial charge on any atom is -0.351 e. The van der Waals surface area contributed by atoms with Gasteiger partial charge < -0.3 is 14.9 Å². The fourth-order valence-electron chi connectivity index (χ4n) is 1.36. The molecule has 2 rings (SSSR count). The second-order valence-electron chi connectivity index (χ2n) is 3.38. The molecule has 0 aliphatic rings. The first-order chi connectivity index (χ1) is 7.86. The zero-order chi connectivity index (χ0) is 11.2. The highest BCUT2D eigenvalue weighted by Gasteiger charge is 2.04. The summed E-state index contributed by atoms with van der Waals surface area (Å²) >= 11 is 0. The molecule has 0 fully saturated rings. The van der Waals surface area contributed by atoms with E-state index in [1.807, 2.05) is 10.8 Å². The van der Waals surface area contributed by atoms with Crippen molar-refractivity contribution in [3.63, 3.8) is 0 Å². The van der Waals surface area contributed by atoms with Crippen LogP contribution < -0.4 is 5.32 Å². The highest BCUT2D eigenvalue weighted by Crippen LogP contribution is 1.92. The molecular weight excluding hydrogens is 206 g/mol. The Hall–Kier alpha value is -2.11. The number of hydrogen-bond donors (Lipinski definition) is 2. The highest BCUT2D eigenvalue weighted by molar-refractivity contribution is 5.91. The first-order valence-corrected chi connectivity index (χ1v) is 5.08. The van der Waals surface area contributed by atoms with Gasteiger partial charge in [0, 0.05) is 25.5 Å². The van der Waals surface area contributed by atoms with E-state index in [0.717, 1.165) is 13.0 Å². The van der Waals surface area contributed by atoms with Crippen LogP contribution in [0.25, 0.3) is 0 Å². The fourth-order valence-corrected chi connectivity index (χ4v) is 1.36. The summed E-state index contributed by atoms with van der Waals surface area (Å²) in [5.41, 5.74) is 0.489. The summed E-state index contributed by atoms with van der Waals surface area (Å²) in [4.78, 5) is 21.9. The van der Waals surface area contributed by atoms with Gasteiger partial charge in [0.2, 0.25) is 0 Å². The van der Waals surface area contributed by atoms with Crippen LogP contribution in [0, 0.1) is 0 Å². The van der Waals surface area contributed by atoms with Crippen LogP contribution in [0.4, 0.5) is 0 Å². The number of imidazole rings is 2. The Kier molecular flexibility index (Phi) is 3.32. The van der Waals surface area contributed by atoms with E-state index in [0.29, 0.717) is 12.2 Å². The second kappa shape index (κ2) is 5.11. The van der Waals surface area contributed by atoms with Gasteiger partial charge in [0.25, 0.3) is 5.91 Å². The predicted molar refractivity (Wildman–Crippen MR) is 57.8 cm³/mol. The predicted octanol–water partition coefficient (Wildman–Crippen LogP) is 0.426. The SMILES string of the molecule is O=C(NCCCn1ccnc1)c1cnc[nH]1. The van der Waals surface area contributed by atoms with Crippen molar-refractivity contribution in [2.24, 2.45) is 0 Å². The second-order valence-corrected chi connectivity index (χ2v) is 3.38. The van der Waals surface area contributed by atoms with E-state index in [9.17, 15) is 4.79 Å². The van der Waals surface area contributed by atoms with Gasteiger partial charge in [-0.2, -0.15) is 0 Å². The van der Waals surface area contributed by atoms with Crippen molar-refractivity contribution in [1.29, 1.82) is 0 Å². The Morgan fingerprint density at radius 2 is 2.44 bits per heavy atom. The van der Waals surface area contributed by atoms with Crippen LogP contribution in [-0.4, -0.2) is 32.0 Å². The molecule has 1 amide bonds. The van der Waals surface area contributed by atoms with Crippen LogP contribution in [0.3, 0.4) is 0 Å². The number of rotatable bonds is 5. The number of nitrogens with zero attached hydrogens (tertiary/aromatic N) is 3. The van der Waals surface area contributed by atoms with Crippen LogP contribution in [0.15, 0.2) is 31.2 Å². The van der Waals surface area contributed by atoms with E-state index in [-0.39, 0.29) is 5.91 Å². The first kappa shape index (κ1) is 10.4. The van der Waals surface area contributed by atoms with Crippen LogP contribution in [0.5, 0.6) is 0 Å². The minimum absolute atomic E-state index is 0.122. The van der Waals surface area contributed by atoms with E-state index in [1.165, 1.54) is 12.5 Å². The number of aryl methyl sites for hydroxylation is 1. The van der Waals surface area contributed by atoms with Gasteiger partial charge in [0.1, 0.15) is 5.69 Å². The summed E-state index contributed by atoms with van der Waals surface area (Å²) in [7, 11) is 0. The zero-order valence-electron chi connectivity index (χ0n) is 8.76. The summed E-state index contributed by atoms with van der Waals surface area (Å²) in [5.74, 6) is -0.122. The van der Waals surface area contributed by atoms with Gasteiger partial charge in [-0.25, -0.2) is 9.97 Å². The maximum atomic E-state index is 11.5. The zero-order valence-corrected chi connectivity index (χ0v) is 8.76. The Bertz CT molecular complexity index is 420. The molecule has 0 aliphatic heterocycles. The molecular formula is C10H13N5O. The maximum absolute atomic E-state index is 11.5. The van der Waals surface area contributed by atoms with Crippen molar-refractivity contribution >= 4 is 5.91 Å². The van der Waals surface area contributed by atoms with Crippen molar-refractivity contribution in [2.75, 3.05) is 6.54 Å². The molecule has 0 atom stereocenters. The summed E-state index contributed by atoms with van der Waals surface area (Å²) in [6.45, 7) is 1.49. The smallest absolute Gasteiger partial charge is 0.269 e.